The minimum atomic E-state index is 0.404. The molecule has 24 heavy (non-hydrogen) atoms. The number of aromatic nitrogens is 5. The van der Waals surface area contributed by atoms with Gasteiger partial charge in [-0.3, -0.25) is 4.98 Å². The lowest BCUT2D eigenvalue weighted by Gasteiger charge is -2.04. The van der Waals surface area contributed by atoms with Crippen molar-refractivity contribution in [3.05, 3.63) is 65.9 Å². The molecule has 3 aromatic heterocycles. The van der Waals surface area contributed by atoms with E-state index >= 15 is 0 Å². The van der Waals surface area contributed by atoms with Crippen LogP contribution in [-0.4, -0.2) is 35.5 Å². The Balaban J connectivity index is 1.75. The Morgan fingerprint density at radius 1 is 1.17 bits per heavy atom. The van der Waals surface area contributed by atoms with Gasteiger partial charge in [0.2, 0.25) is 0 Å². The minimum absolute atomic E-state index is 0.404. The monoisotopic (exact) mass is 318 g/mol. The summed E-state index contributed by atoms with van der Waals surface area (Å²) in [5.41, 5.74) is 3.93. The van der Waals surface area contributed by atoms with Crippen molar-refractivity contribution in [2.75, 3.05) is 0 Å². The molecule has 0 atom stereocenters. The van der Waals surface area contributed by atoms with Crippen molar-refractivity contribution in [3.63, 3.8) is 0 Å². The molecule has 118 valence electrons. The van der Waals surface area contributed by atoms with E-state index in [2.05, 4.69) is 31.3 Å². The van der Waals surface area contributed by atoms with Crippen molar-refractivity contribution in [1.82, 2.24) is 24.6 Å². The summed E-state index contributed by atoms with van der Waals surface area (Å²) in [5, 5.41) is 17.6. The average Bonchev–Trinajstić information content (AvgIpc) is 3.03. The van der Waals surface area contributed by atoms with Crippen LogP contribution in [0, 0.1) is 0 Å². The molecule has 3 heterocycles. The van der Waals surface area contributed by atoms with Gasteiger partial charge in [0.05, 0.1) is 23.6 Å². The standard InChI is InChI=1S/C17H14N6O/c1-11(22-24)16-10-20-17-19-9-14(23(17)21-16)8-12-4-5-15-13(7-12)3-2-6-18-15/h2-7,9-10,24H,8H2,1H3. The van der Waals surface area contributed by atoms with Gasteiger partial charge in [-0.1, -0.05) is 17.3 Å². The SMILES string of the molecule is CC(=NO)c1cnc2ncc(Cc3ccc4ncccc4c3)n2n1. The summed E-state index contributed by atoms with van der Waals surface area (Å²) in [5.74, 6) is 0.516. The molecule has 0 aliphatic carbocycles. The number of pyridine rings is 1. The van der Waals surface area contributed by atoms with Crippen LogP contribution < -0.4 is 0 Å². The van der Waals surface area contributed by atoms with Gasteiger partial charge in [-0.15, -0.1) is 0 Å². The number of hydrogen-bond acceptors (Lipinski definition) is 6. The molecule has 4 rings (SSSR count). The first-order chi connectivity index (χ1) is 11.7. The molecule has 1 aromatic carbocycles. The Morgan fingerprint density at radius 2 is 2.04 bits per heavy atom. The van der Waals surface area contributed by atoms with Gasteiger partial charge in [0.15, 0.2) is 0 Å². The summed E-state index contributed by atoms with van der Waals surface area (Å²) in [6.45, 7) is 1.67. The molecule has 0 amide bonds. The Labute approximate surface area is 137 Å². The van der Waals surface area contributed by atoms with Crippen molar-refractivity contribution in [1.29, 1.82) is 0 Å². The lowest BCUT2D eigenvalue weighted by molar-refractivity contribution is 0.319. The molecule has 0 aliphatic rings. The van der Waals surface area contributed by atoms with Gasteiger partial charge in [-0.25, -0.2) is 14.5 Å². The Hall–Kier alpha value is -3.35. The quantitative estimate of drug-likeness (QED) is 0.356. The van der Waals surface area contributed by atoms with Gasteiger partial charge >= 0.3 is 0 Å². The van der Waals surface area contributed by atoms with E-state index < -0.39 is 0 Å². The third kappa shape index (κ3) is 2.45. The first-order valence-electron chi connectivity index (χ1n) is 7.47. The van der Waals surface area contributed by atoms with E-state index in [0.717, 1.165) is 22.2 Å². The second-order valence-corrected chi connectivity index (χ2v) is 5.50. The smallest absolute Gasteiger partial charge is 0.250 e. The zero-order chi connectivity index (χ0) is 16.5. The number of benzene rings is 1. The molecule has 7 heteroatoms. The van der Waals surface area contributed by atoms with Crippen molar-refractivity contribution >= 4 is 22.4 Å². The van der Waals surface area contributed by atoms with Crippen LogP contribution in [0.4, 0.5) is 0 Å². The van der Waals surface area contributed by atoms with E-state index in [9.17, 15) is 0 Å². The van der Waals surface area contributed by atoms with E-state index in [-0.39, 0.29) is 0 Å². The number of nitrogens with zero attached hydrogens (tertiary/aromatic N) is 6. The molecule has 0 bridgehead atoms. The fourth-order valence-corrected chi connectivity index (χ4v) is 2.60. The van der Waals surface area contributed by atoms with E-state index in [1.54, 1.807) is 30.0 Å². The van der Waals surface area contributed by atoms with E-state index in [4.69, 9.17) is 5.21 Å². The second kappa shape index (κ2) is 5.69. The highest BCUT2D eigenvalue weighted by molar-refractivity contribution is 5.96. The van der Waals surface area contributed by atoms with Crippen LogP contribution >= 0.6 is 0 Å². The van der Waals surface area contributed by atoms with E-state index in [1.165, 1.54) is 0 Å². The normalized spacial score (nSPS) is 12.1. The van der Waals surface area contributed by atoms with Gasteiger partial charge in [0.25, 0.3) is 5.78 Å². The molecule has 0 saturated heterocycles. The van der Waals surface area contributed by atoms with Crippen LogP contribution in [0.25, 0.3) is 16.7 Å². The first kappa shape index (κ1) is 14.3. The minimum Gasteiger partial charge on any atom is -0.411 e. The fraction of sp³-hybridized carbons (Fsp3) is 0.118. The number of imidazole rings is 1. The highest BCUT2D eigenvalue weighted by Gasteiger charge is 2.10. The highest BCUT2D eigenvalue weighted by Crippen LogP contribution is 2.16. The summed E-state index contributed by atoms with van der Waals surface area (Å²) in [6, 6.07) is 10.1. The fourth-order valence-electron chi connectivity index (χ4n) is 2.60. The number of oxime groups is 1. The number of hydrogen-bond donors (Lipinski definition) is 1. The molecule has 7 nitrogen and oxygen atoms in total. The zero-order valence-corrected chi connectivity index (χ0v) is 13.0. The van der Waals surface area contributed by atoms with Gasteiger partial charge in [0, 0.05) is 18.0 Å². The van der Waals surface area contributed by atoms with Crippen LogP contribution in [-0.2, 0) is 6.42 Å². The number of rotatable bonds is 3. The lowest BCUT2D eigenvalue weighted by atomic mass is 10.1. The average molecular weight is 318 g/mol. The second-order valence-electron chi connectivity index (χ2n) is 5.50. The predicted molar refractivity (Wildman–Crippen MR) is 89.3 cm³/mol. The van der Waals surface area contributed by atoms with Crippen LogP contribution in [0.15, 0.2) is 54.1 Å². The summed E-state index contributed by atoms with van der Waals surface area (Å²) in [7, 11) is 0. The van der Waals surface area contributed by atoms with Crippen LogP contribution in [0.5, 0.6) is 0 Å². The molecule has 0 fully saturated rings. The Kier molecular flexibility index (Phi) is 3.38. The van der Waals surface area contributed by atoms with Gasteiger partial charge in [-0.05, 0) is 30.7 Å². The third-order valence-corrected chi connectivity index (χ3v) is 3.87. The number of fused-ring (bicyclic) bond motifs is 2. The molecule has 1 N–H and O–H groups in total. The molecule has 4 aromatic rings. The van der Waals surface area contributed by atoms with Crippen molar-refractivity contribution in [2.24, 2.45) is 5.16 Å². The molecule has 0 spiro atoms. The van der Waals surface area contributed by atoms with Gasteiger partial charge < -0.3 is 5.21 Å². The summed E-state index contributed by atoms with van der Waals surface area (Å²) >= 11 is 0. The predicted octanol–water partition coefficient (Wildman–Crippen LogP) is 2.46. The maximum atomic E-state index is 8.91. The van der Waals surface area contributed by atoms with Gasteiger partial charge in [-0.2, -0.15) is 5.10 Å². The molecular weight excluding hydrogens is 304 g/mol. The zero-order valence-electron chi connectivity index (χ0n) is 13.0. The molecule has 0 aliphatic heterocycles. The lowest BCUT2D eigenvalue weighted by Crippen LogP contribution is -2.07. The highest BCUT2D eigenvalue weighted by atomic mass is 16.4. The van der Waals surface area contributed by atoms with Crippen LogP contribution in [0.3, 0.4) is 0 Å². The van der Waals surface area contributed by atoms with Crippen LogP contribution in [0.2, 0.25) is 0 Å². The third-order valence-electron chi connectivity index (χ3n) is 3.87. The molecule has 0 radical (unpaired) electrons. The summed E-state index contributed by atoms with van der Waals surface area (Å²) < 4.78 is 1.68. The molecule has 0 unspecified atom stereocenters. The maximum Gasteiger partial charge on any atom is 0.250 e. The van der Waals surface area contributed by atoms with Gasteiger partial charge in [0.1, 0.15) is 11.4 Å². The van der Waals surface area contributed by atoms with Crippen molar-refractivity contribution < 1.29 is 5.21 Å². The molecular formula is C17H14N6O. The summed E-state index contributed by atoms with van der Waals surface area (Å²) in [4.78, 5) is 12.9. The summed E-state index contributed by atoms with van der Waals surface area (Å²) in [6.07, 6.45) is 5.76. The molecule has 0 saturated carbocycles. The van der Waals surface area contributed by atoms with Crippen LogP contribution in [0.1, 0.15) is 23.9 Å². The van der Waals surface area contributed by atoms with E-state index in [1.807, 2.05) is 24.3 Å². The van der Waals surface area contributed by atoms with E-state index in [0.29, 0.717) is 23.6 Å². The van der Waals surface area contributed by atoms with Crippen molar-refractivity contribution in [2.45, 2.75) is 13.3 Å². The first-order valence-corrected chi connectivity index (χ1v) is 7.47. The van der Waals surface area contributed by atoms with Crippen molar-refractivity contribution in [3.8, 4) is 0 Å². The Morgan fingerprint density at radius 3 is 2.92 bits per heavy atom. The largest absolute Gasteiger partial charge is 0.411 e. The topological polar surface area (TPSA) is 88.6 Å². The maximum absolute atomic E-state index is 8.91. The Bertz CT molecular complexity index is 1070.